The highest BCUT2D eigenvalue weighted by molar-refractivity contribution is 8.01. The molecule has 4 unspecified atom stereocenters. The quantitative estimate of drug-likeness (QED) is 0.394. The Morgan fingerprint density at radius 1 is 1.26 bits per heavy atom. The zero-order valence-corrected chi connectivity index (χ0v) is 19.5. The van der Waals surface area contributed by atoms with E-state index in [1.165, 1.54) is 12.1 Å². The van der Waals surface area contributed by atoms with Crippen molar-refractivity contribution in [3.63, 3.8) is 0 Å². The molecule has 10 heteroatoms. The first kappa shape index (κ1) is 26.3. The maximum Gasteiger partial charge on any atom is 0.214 e. The third-order valence-corrected chi connectivity index (χ3v) is 7.19. The van der Waals surface area contributed by atoms with E-state index in [4.69, 9.17) is 16.7 Å². The van der Waals surface area contributed by atoms with Crippen molar-refractivity contribution in [2.24, 2.45) is 5.92 Å². The summed E-state index contributed by atoms with van der Waals surface area (Å²) in [5.74, 6) is -0.441. The molecule has 5 nitrogen and oxygen atoms in total. The smallest absolute Gasteiger partial charge is 0.214 e. The van der Waals surface area contributed by atoms with Gasteiger partial charge in [0.1, 0.15) is 23.1 Å². The van der Waals surface area contributed by atoms with Crippen LogP contribution in [0.3, 0.4) is 0 Å². The number of anilines is 1. The minimum atomic E-state index is -1.39. The zero-order valence-electron chi connectivity index (χ0n) is 18.0. The molecule has 1 aromatic heterocycles. The van der Waals surface area contributed by atoms with Gasteiger partial charge in [0.15, 0.2) is 0 Å². The summed E-state index contributed by atoms with van der Waals surface area (Å²) in [5, 5.41) is 9.21. The van der Waals surface area contributed by atoms with Crippen molar-refractivity contribution >= 4 is 29.4 Å². The van der Waals surface area contributed by atoms with E-state index in [1.807, 2.05) is 7.05 Å². The molecule has 1 aliphatic carbocycles. The Hall–Kier alpha value is -1.00. The lowest BCUT2D eigenvalue weighted by Crippen LogP contribution is -2.44. The summed E-state index contributed by atoms with van der Waals surface area (Å²) in [6.45, 7) is 2.60. The Morgan fingerprint density at radius 3 is 2.74 bits per heavy atom. The second-order valence-corrected chi connectivity index (χ2v) is 9.03. The van der Waals surface area contributed by atoms with Gasteiger partial charge in [0.05, 0.1) is 11.1 Å². The maximum atomic E-state index is 14.9. The molecule has 176 valence electrons. The van der Waals surface area contributed by atoms with Gasteiger partial charge in [0, 0.05) is 13.5 Å². The number of likely N-dealkylation sites (tertiary alicyclic amines) is 1. The first-order valence-electron chi connectivity index (χ1n) is 10.6. The zero-order chi connectivity index (χ0) is 22.8. The predicted molar refractivity (Wildman–Crippen MR) is 122 cm³/mol. The van der Waals surface area contributed by atoms with Crippen LogP contribution in [-0.4, -0.2) is 66.2 Å². The second kappa shape index (κ2) is 13.5. The van der Waals surface area contributed by atoms with Crippen molar-refractivity contribution in [3.8, 4) is 0 Å². The maximum absolute atomic E-state index is 14.9. The highest BCUT2D eigenvalue weighted by Gasteiger charge is 2.40. The molecule has 1 aromatic rings. The molecule has 1 aliphatic heterocycles. The highest BCUT2D eigenvalue weighted by atomic mass is 35.5. The standard InChI is InChI=1S/C20H28ClF3N4S.CH4O/c1-25-9-7-13-4-3-10-28(11-8-13)15-12-14(22)20(19(24)18(15)21)29-27-17-6-2-5-16(23)26-17;1-2/h2,5-6,13-15,20,25H,3-4,7-12H2,1H3,(H,26,27);2H,1H3. The van der Waals surface area contributed by atoms with E-state index in [-0.39, 0.29) is 17.3 Å². The number of halogens is 4. The van der Waals surface area contributed by atoms with Gasteiger partial charge >= 0.3 is 0 Å². The van der Waals surface area contributed by atoms with E-state index in [1.54, 1.807) is 6.07 Å². The molecule has 3 N–H and O–H groups in total. The fraction of sp³-hybridized carbons (Fsp3) is 0.667. The first-order valence-corrected chi connectivity index (χ1v) is 11.8. The van der Waals surface area contributed by atoms with E-state index in [0.717, 1.165) is 64.4 Å². The molecule has 2 heterocycles. The third-order valence-electron chi connectivity index (χ3n) is 5.68. The van der Waals surface area contributed by atoms with E-state index in [2.05, 4.69) is 19.9 Å². The van der Waals surface area contributed by atoms with Crippen LogP contribution in [0, 0.1) is 11.9 Å². The lowest BCUT2D eigenvalue weighted by molar-refractivity contribution is 0.164. The van der Waals surface area contributed by atoms with Gasteiger partial charge < -0.3 is 15.1 Å². The number of nitrogens with zero attached hydrogens (tertiary/aromatic N) is 2. The van der Waals surface area contributed by atoms with E-state index >= 15 is 0 Å². The van der Waals surface area contributed by atoms with Crippen molar-refractivity contribution in [3.05, 3.63) is 35.0 Å². The minimum Gasteiger partial charge on any atom is -0.400 e. The van der Waals surface area contributed by atoms with Crippen molar-refractivity contribution in [2.45, 2.75) is 49.6 Å². The number of hydrogen-bond donors (Lipinski definition) is 3. The average molecular weight is 481 g/mol. The number of hydrogen-bond acceptors (Lipinski definition) is 6. The number of aliphatic hydroxyl groups is 1. The van der Waals surface area contributed by atoms with Crippen LogP contribution in [0.2, 0.25) is 0 Å². The number of pyridine rings is 1. The fourth-order valence-electron chi connectivity index (χ4n) is 4.05. The molecule has 0 bridgehead atoms. The summed E-state index contributed by atoms with van der Waals surface area (Å²) in [4.78, 5) is 5.78. The molecule has 2 aliphatic rings. The normalized spacial score (nSPS) is 27.3. The van der Waals surface area contributed by atoms with Crippen LogP contribution in [0.5, 0.6) is 0 Å². The van der Waals surface area contributed by atoms with Gasteiger partial charge in [-0.05, 0) is 82.4 Å². The second-order valence-electron chi connectivity index (χ2n) is 7.67. The van der Waals surface area contributed by atoms with E-state index in [0.29, 0.717) is 5.92 Å². The average Bonchev–Trinajstić information content (AvgIpc) is 3.02. The van der Waals surface area contributed by atoms with Gasteiger partial charge in [0.2, 0.25) is 5.95 Å². The lowest BCUT2D eigenvalue weighted by Gasteiger charge is -2.37. The third kappa shape index (κ3) is 7.53. The SMILES string of the molecule is CNCCC1CCCN(C2CC(F)C(SNc3cccc(F)n3)C(F)=C2Cl)CC1.CO. The number of rotatable bonds is 7. The predicted octanol–water partition coefficient (Wildman–Crippen LogP) is 4.50. The van der Waals surface area contributed by atoms with Gasteiger partial charge in [-0.3, -0.25) is 4.90 Å². The van der Waals surface area contributed by atoms with E-state index in [9.17, 15) is 13.2 Å². The molecule has 1 fully saturated rings. The van der Waals surface area contributed by atoms with Crippen molar-refractivity contribution < 1.29 is 18.3 Å². The first-order chi connectivity index (χ1) is 15.0. The van der Waals surface area contributed by atoms with Crippen LogP contribution in [-0.2, 0) is 0 Å². The Labute approximate surface area is 192 Å². The van der Waals surface area contributed by atoms with Crippen LogP contribution in [0.15, 0.2) is 29.1 Å². The summed E-state index contributed by atoms with van der Waals surface area (Å²) in [5.41, 5.74) is 0. The van der Waals surface area contributed by atoms with Gasteiger partial charge in [-0.25, -0.2) is 13.8 Å². The highest BCUT2D eigenvalue weighted by Crippen LogP contribution is 2.40. The van der Waals surface area contributed by atoms with Crippen molar-refractivity contribution in [1.29, 1.82) is 0 Å². The molecule has 31 heavy (non-hydrogen) atoms. The Kier molecular flexibility index (Phi) is 11.5. The molecule has 4 atom stereocenters. The van der Waals surface area contributed by atoms with Crippen molar-refractivity contribution in [2.75, 3.05) is 38.5 Å². The lowest BCUT2D eigenvalue weighted by atomic mass is 9.96. The molecule has 3 rings (SSSR count). The molecular weight excluding hydrogens is 449 g/mol. The molecular formula is C21H32ClF3N4OS. The number of alkyl halides is 1. The summed E-state index contributed by atoms with van der Waals surface area (Å²) >= 11 is 7.22. The van der Waals surface area contributed by atoms with Crippen LogP contribution in [0.4, 0.5) is 19.0 Å². The summed E-state index contributed by atoms with van der Waals surface area (Å²) < 4.78 is 45.7. The van der Waals surface area contributed by atoms with Crippen LogP contribution in [0.25, 0.3) is 0 Å². The summed E-state index contributed by atoms with van der Waals surface area (Å²) in [6, 6.07) is 3.82. The summed E-state index contributed by atoms with van der Waals surface area (Å²) in [7, 11) is 2.95. The topological polar surface area (TPSA) is 60.4 Å². The molecule has 0 radical (unpaired) electrons. The van der Waals surface area contributed by atoms with Crippen LogP contribution >= 0.6 is 23.5 Å². The largest absolute Gasteiger partial charge is 0.400 e. The summed E-state index contributed by atoms with van der Waals surface area (Å²) in [6.07, 6.45) is 3.05. The van der Waals surface area contributed by atoms with Crippen LogP contribution in [0.1, 0.15) is 32.1 Å². The fourth-order valence-corrected chi connectivity index (χ4v) is 5.31. The number of aromatic nitrogens is 1. The van der Waals surface area contributed by atoms with Gasteiger partial charge in [-0.15, -0.1) is 0 Å². The van der Waals surface area contributed by atoms with Gasteiger partial charge in [-0.1, -0.05) is 17.7 Å². The van der Waals surface area contributed by atoms with Gasteiger partial charge in [-0.2, -0.15) is 4.39 Å². The molecule has 0 aromatic carbocycles. The van der Waals surface area contributed by atoms with Gasteiger partial charge in [0.25, 0.3) is 0 Å². The molecule has 0 spiro atoms. The molecule has 1 saturated heterocycles. The Balaban J connectivity index is 0.00000166. The number of aliphatic hydroxyl groups excluding tert-OH is 1. The monoisotopic (exact) mass is 480 g/mol. The van der Waals surface area contributed by atoms with Crippen molar-refractivity contribution in [1.82, 2.24) is 15.2 Å². The Bertz CT molecular complexity index is 715. The Morgan fingerprint density at radius 2 is 2.03 bits per heavy atom. The van der Waals surface area contributed by atoms with E-state index < -0.39 is 29.2 Å². The number of nitrogens with one attached hydrogen (secondary N) is 2. The van der Waals surface area contributed by atoms with Crippen LogP contribution < -0.4 is 10.0 Å². The minimum absolute atomic E-state index is 0.0964. The molecule has 0 saturated carbocycles. The molecule has 0 amide bonds.